The third kappa shape index (κ3) is 3.48. The lowest BCUT2D eigenvalue weighted by molar-refractivity contribution is -0.120. The molecule has 1 unspecified atom stereocenters. The molecule has 0 radical (unpaired) electrons. The first kappa shape index (κ1) is 15.4. The molecule has 7 nitrogen and oxygen atoms in total. The van der Waals surface area contributed by atoms with Gasteiger partial charge in [0.05, 0.1) is 12.5 Å². The van der Waals surface area contributed by atoms with Crippen LogP contribution >= 0.6 is 11.3 Å². The topological polar surface area (TPSA) is 84.4 Å². The maximum Gasteiger partial charge on any atom is 0.261 e. The molecule has 2 aromatic heterocycles. The summed E-state index contributed by atoms with van der Waals surface area (Å²) >= 11 is 1.54. The lowest BCUT2D eigenvalue weighted by Gasteiger charge is -2.25. The second kappa shape index (κ2) is 6.74. The van der Waals surface area contributed by atoms with Gasteiger partial charge in [0.2, 0.25) is 11.8 Å². The van der Waals surface area contributed by atoms with E-state index in [1.807, 2.05) is 17.5 Å². The number of carbonyl (C=O) groups excluding carboxylic acids is 2. The van der Waals surface area contributed by atoms with Crippen molar-refractivity contribution in [3.8, 4) is 5.88 Å². The summed E-state index contributed by atoms with van der Waals surface area (Å²) in [5.74, 6) is -0.00489. The Balaban J connectivity index is 1.61. The largest absolute Gasteiger partial charge is 0.475 e. The summed E-state index contributed by atoms with van der Waals surface area (Å²) in [6.07, 6.45) is 3.13. The molecule has 120 valence electrons. The Morgan fingerprint density at radius 2 is 2.43 bits per heavy atom. The molecular weight excluding hydrogens is 316 g/mol. The first-order valence-corrected chi connectivity index (χ1v) is 8.02. The van der Waals surface area contributed by atoms with E-state index in [4.69, 9.17) is 4.74 Å². The number of nitrogens with zero attached hydrogens (tertiary/aromatic N) is 3. The molecule has 3 heterocycles. The highest BCUT2D eigenvalue weighted by atomic mass is 32.1. The SMILES string of the molecule is CN1C(=O)c2cncnc2OCC1CNC(=O)Cc1cccs1. The minimum Gasteiger partial charge on any atom is -0.475 e. The predicted octanol–water partition coefficient (Wildman–Crippen LogP) is 0.730. The van der Waals surface area contributed by atoms with Crippen LogP contribution in [0.2, 0.25) is 0 Å². The summed E-state index contributed by atoms with van der Waals surface area (Å²) in [6.45, 7) is 0.597. The van der Waals surface area contributed by atoms with E-state index in [0.717, 1.165) is 4.88 Å². The van der Waals surface area contributed by atoms with Gasteiger partial charge in [0.15, 0.2) is 0 Å². The van der Waals surface area contributed by atoms with E-state index in [-0.39, 0.29) is 30.3 Å². The van der Waals surface area contributed by atoms with Crippen molar-refractivity contribution in [1.29, 1.82) is 0 Å². The molecule has 2 aromatic rings. The van der Waals surface area contributed by atoms with Gasteiger partial charge >= 0.3 is 0 Å². The van der Waals surface area contributed by atoms with Crippen molar-refractivity contribution in [3.05, 3.63) is 40.5 Å². The van der Waals surface area contributed by atoms with Crippen LogP contribution in [0.5, 0.6) is 5.88 Å². The summed E-state index contributed by atoms with van der Waals surface area (Å²) in [6, 6.07) is 3.57. The average molecular weight is 332 g/mol. The highest BCUT2D eigenvalue weighted by Gasteiger charge is 2.29. The quantitative estimate of drug-likeness (QED) is 0.892. The van der Waals surface area contributed by atoms with Crippen molar-refractivity contribution in [2.45, 2.75) is 12.5 Å². The van der Waals surface area contributed by atoms with Crippen molar-refractivity contribution >= 4 is 23.2 Å². The van der Waals surface area contributed by atoms with Crippen LogP contribution in [-0.4, -0.2) is 52.9 Å². The fourth-order valence-corrected chi connectivity index (χ4v) is 2.99. The van der Waals surface area contributed by atoms with E-state index in [1.165, 1.54) is 12.5 Å². The number of rotatable bonds is 4. The van der Waals surface area contributed by atoms with E-state index in [2.05, 4.69) is 15.3 Å². The van der Waals surface area contributed by atoms with Gasteiger partial charge in [0.1, 0.15) is 18.5 Å². The summed E-state index contributed by atoms with van der Waals surface area (Å²) in [5.41, 5.74) is 0.336. The normalized spacial score (nSPS) is 17.2. The summed E-state index contributed by atoms with van der Waals surface area (Å²) in [4.78, 5) is 34.8. The van der Waals surface area contributed by atoms with Gasteiger partial charge in [-0.2, -0.15) is 0 Å². The van der Waals surface area contributed by atoms with Crippen molar-refractivity contribution in [2.24, 2.45) is 0 Å². The molecule has 1 aliphatic heterocycles. The standard InChI is InChI=1S/C15H16N4O3S/c1-19-10(6-17-13(20)5-11-3-2-4-23-11)8-22-14-12(15(19)21)7-16-9-18-14/h2-4,7,9-10H,5-6,8H2,1H3,(H,17,20). The first-order valence-electron chi connectivity index (χ1n) is 7.14. The van der Waals surface area contributed by atoms with Crippen LogP contribution in [0.15, 0.2) is 30.0 Å². The van der Waals surface area contributed by atoms with Crippen molar-refractivity contribution in [1.82, 2.24) is 20.2 Å². The first-order chi connectivity index (χ1) is 11.1. The van der Waals surface area contributed by atoms with Crippen molar-refractivity contribution < 1.29 is 14.3 Å². The fraction of sp³-hybridized carbons (Fsp3) is 0.333. The number of ether oxygens (including phenoxy) is 1. The van der Waals surface area contributed by atoms with Crippen LogP contribution in [0.25, 0.3) is 0 Å². The van der Waals surface area contributed by atoms with Crippen LogP contribution in [0, 0.1) is 0 Å². The van der Waals surface area contributed by atoms with Crippen LogP contribution in [-0.2, 0) is 11.2 Å². The molecule has 0 saturated carbocycles. The molecule has 0 spiro atoms. The summed E-state index contributed by atoms with van der Waals surface area (Å²) < 4.78 is 5.58. The van der Waals surface area contributed by atoms with Gasteiger partial charge in [-0.3, -0.25) is 9.59 Å². The molecule has 0 saturated heterocycles. The molecule has 8 heteroatoms. The van der Waals surface area contributed by atoms with Crippen molar-refractivity contribution in [3.63, 3.8) is 0 Å². The number of hydrogen-bond donors (Lipinski definition) is 1. The summed E-state index contributed by atoms with van der Waals surface area (Å²) in [7, 11) is 1.68. The average Bonchev–Trinajstić information content (AvgIpc) is 3.03. The Morgan fingerprint density at radius 1 is 1.57 bits per heavy atom. The van der Waals surface area contributed by atoms with Crippen LogP contribution in [0.4, 0.5) is 0 Å². The monoisotopic (exact) mass is 332 g/mol. The van der Waals surface area contributed by atoms with Gasteiger partial charge in [-0.1, -0.05) is 6.07 Å². The minimum atomic E-state index is -0.260. The van der Waals surface area contributed by atoms with Gasteiger partial charge in [0, 0.05) is 24.7 Å². The number of fused-ring (bicyclic) bond motifs is 1. The van der Waals surface area contributed by atoms with Gasteiger partial charge in [0.25, 0.3) is 5.91 Å². The fourth-order valence-electron chi connectivity index (χ4n) is 2.28. The Morgan fingerprint density at radius 3 is 3.22 bits per heavy atom. The molecule has 2 amide bonds. The number of thiophene rings is 1. The maximum atomic E-state index is 12.4. The molecular formula is C15H16N4O3S. The van der Waals surface area contributed by atoms with E-state index in [0.29, 0.717) is 18.5 Å². The third-order valence-electron chi connectivity index (χ3n) is 3.64. The summed E-state index contributed by atoms with van der Waals surface area (Å²) in [5, 5.41) is 4.79. The molecule has 3 rings (SSSR count). The Kier molecular flexibility index (Phi) is 4.52. The van der Waals surface area contributed by atoms with Gasteiger partial charge in [-0.25, -0.2) is 9.97 Å². The molecule has 23 heavy (non-hydrogen) atoms. The van der Waals surface area contributed by atoms with Gasteiger partial charge < -0.3 is 15.0 Å². The van der Waals surface area contributed by atoms with Gasteiger partial charge in [-0.15, -0.1) is 11.3 Å². The van der Waals surface area contributed by atoms with Crippen LogP contribution < -0.4 is 10.1 Å². The van der Waals surface area contributed by atoms with E-state index in [1.54, 1.807) is 23.3 Å². The lowest BCUT2D eigenvalue weighted by atomic mass is 10.2. The molecule has 1 atom stereocenters. The number of aromatic nitrogens is 2. The van der Waals surface area contributed by atoms with Crippen LogP contribution in [0.1, 0.15) is 15.2 Å². The van der Waals surface area contributed by atoms with Gasteiger partial charge in [-0.05, 0) is 11.4 Å². The van der Waals surface area contributed by atoms with E-state index < -0.39 is 0 Å². The molecule has 1 N–H and O–H groups in total. The Hall–Kier alpha value is -2.48. The maximum absolute atomic E-state index is 12.4. The number of amides is 2. The number of carbonyl (C=O) groups is 2. The van der Waals surface area contributed by atoms with Crippen molar-refractivity contribution in [2.75, 3.05) is 20.2 Å². The Labute approximate surface area is 137 Å². The molecule has 0 bridgehead atoms. The predicted molar refractivity (Wildman–Crippen MR) is 84.4 cm³/mol. The number of nitrogens with one attached hydrogen (secondary N) is 1. The minimum absolute atomic E-state index is 0.0742. The van der Waals surface area contributed by atoms with E-state index >= 15 is 0 Å². The highest BCUT2D eigenvalue weighted by molar-refractivity contribution is 7.10. The highest BCUT2D eigenvalue weighted by Crippen LogP contribution is 2.20. The Bertz CT molecular complexity index is 705. The molecule has 1 aliphatic rings. The zero-order valence-electron chi connectivity index (χ0n) is 12.6. The second-order valence-electron chi connectivity index (χ2n) is 5.18. The smallest absolute Gasteiger partial charge is 0.261 e. The zero-order chi connectivity index (χ0) is 16.2. The lowest BCUT2D eigenvalue weighted by Crippen LogP contribution is -2.46. The third-order valence-corrected chi connectivity index (χ3v) is 4.51. The number of likely N-dealkylation sites (N-methyl/N-ethyl adjacent to an activating group) is 1. The molecule has 0 fully saturated rings. The van der Waals surface area contributed by atoms with Crippen LogP contribution in [0.3, 0.4) is 0 Å². The second-order valence-corrected chi connectivity index (χ2v) is 6.21. The van der Waals surface area contributed by atoms with E-state index in [9.17, 15) is 9.59 Å². The zero-order valence-corrected chi connectivity index (χ0v) is 13.4. The molecule has 0 aromatic carbocycles. The molecule has 0 aliphatic carbocycles. The number of hydrogen-bond acceptors (Lipinski definition) is 6.